The minimum atomic E-state index is -0.510. The highest BCUT2D eigenvalue weighted by atomic mass is 35.5. The summed E-state index contributed by atoms with van der Waals surface area (Å²) in [6.07, 6.45) is 2.93. The van der Waals surface area contributed by atoms with Crippen molar-refractivity contribution in [3.63, 3.8) is 0 Å². The number of halogens is 2. The summed E-state index contributed by atoms with van der Waals surface area (Å²) in [6.45, 7) is 1.27. The van der Waals surface area contributed by atoms with E-state index in [9.17, 15) is 14.0 Å². The highest BCUT2D eigenvalue weighted by Gasteiger charge is 2.25. The maximum atomic E-state index is 13.1. The van der Waals surface area contributed by atoms with Gasteiger partial charge in [0.25, 0.3) is 11.8 Å². The van der Waals surface area contributed by atoms with Crippen LogP contribution in [0.1, 0.15) is 35.2 Å². The number of nitrogens with zero attached hydrogens (tertiary/aromatic N) is 1. The molecular weight excluding hydrogens is 367 g/mol. The van der Waals surface area contributed by atoms with Crippen LogP contribution in [-0.4, -0.2) is 29.8 Å². The van der Waals surface area contributed by atoms with Gasteiger partial charge < -0.3 is 10.2 Å². The van der Waals surface area contributed by atoms with E-state index >= 15 is 0 Å². The fraction of sp³-hybridized carbons (Fsp3) is 0.238. The van der Waals surface area contributed by atoms with Gasteiger partial charge in [0.2, 0.25) is 0 Å². The highest BCUT2D eigenvalue weighted by Crippen LogP contribution is 2.24. The van der Waals surface area contributed by atoms with Gasteiger partial charge in [-0.25, -0.2) is 4.39 Å². The van der Waals surface area contributed by atoms with E-state index in [2.05, 4.69) is 5.32 Å². The molecule has 1 aliphatic heterocycles. The predicted octanol–water partition coefficient (Wildman–Crippen LogP) is 4.18. The summed E-state index contributed by atoms with van der Waals surface area (Å²) < 4.78 is 13.1. The van der Waals surface area contributed by atoms with E-state index in [4.69, 9.17) is 11.6 Å². The molecule has 2 amide bonds. The maximum Gasteiger partial charge on any atom is 0.271 e. The molecule has 1 aliphatic rings. The van der Waals surface area contributed by atoms with Crippen molar-refractivity contribution in [1.29, 1.82) is 0 Å². The molecule has 1 fully saturated rings. The van der Waals surface area contributed by atoms with Crippen LogP contribution in [0.25, 0.3) is 5.03 Å². The van der Waals surface area contributed by atoms with E-state index in [1.807, 2.05) is 18.2 Å². The number of carbonyl (C=O) groups excluding carboxylic acids is 2. The Bertz CT molecular complexity index is 844. The van der Waals surface area contributed by atoms with Gasteiger partial charge >= 0.3 is 0 Å². The van der Waals surface area contributed by atoms with Gasteiger partial charge in [0.15, 0.2) is 0 Å². The second-order valence-corrected chi connectivity index (χ2v) is 6.75. The lowest BCUT2D eigenvalue weighted by atomic mass is 10.1. The Labute approximate surface area is 162 Å². The molecule has 0 atom stereocenters. The third-order valence-corrected chi connectivity index (χ3v) is 4.86. The van der Waals surface area contributed by atoms with Gasteiger partial charge in [-0.05, 0) is 49.1 Å². The lowest BCUT2D eigenvalue weighted by molar-refractivity contribution is -0.128. The first-order valence-corrected chi connectivity index (χ1v) is 9.25. The van der Waals surface area contributed by atoms with Crippen molar-refractivity contribution in [2.24, 2.45) is 0 Å². The molecule has 27 heavy (non-hydrogen) atoms. The van der Waals surface area contributed by atoms with Crippen LogP contribution in [0.3, 0.4) is 0 Å². The van der Waals surface area contributed by atoms with Crippen molar-refractivity contribution in [2.45, 2.75) is 19.3 Å². The zero-order valence-corrected chi connectivity index (χ0v) is 15.5. The number of amides is 2. The Morgan fingerprint density at radius 3 is 2.15 bits per heavy atom. The average Bonchev–Trinajstić information content (AvgIpc) is 2.72. The van der Waals surface area contributed by atoms with Crippen LogP contribution in [0, 0.1) is 5.82 Å². The molecule has 0 aromatic heterocycles. The standard InChI is InChI=1S/C21H20ClFN2O2/c22-18(15-7-3-1-4-8-15)19(21(27)25-13-5-2-6-14-25)24-20(26)16-9-11-17(23)12-10-16/h1,3-4,7-12H,2,5-6,13-14H2,(H,24,26)/b19-18+. The molecule has 0 saturated carbocycles. The first-order chi connectivity index (χ1) is 13.1. The number of piperidine rings is 1. The SMILES string of the molecule is O=C(N/C(C(=O)N1CCCCC1)=C(/Cl)c1ccccc1)c1ccc(F)cc1. The fourth-order valence-corrected chi connectivity index (χ4v) is 3.23. The zero-order chi connectivity index (χ0) is 19.2. The molecular formula is C21H20ClFN2O2. The predicted molar refractivity (Wildman–Crippen MR) is 104 cm³/mol. The molecule has 2 aromatic rings. The second-order valence-electron chi connectivity index (χ2n) is 6.37. The third kappa shape index (κ3) is 4.74. The molecule has 1 heterocycles. The van der Waals surface area contributed by atoms with Crippen LogP contribution in [0.15, 0.2) is 60.3 Å². The second kappa shape index (κ2) is 8.82. The maximum absolute atomic E-state index is 13.1. The summed E-state index contributed by atoms with van der Waals surface area (Å²) in [5.41, 5.74) is 0.927. The fourth-order valence-electron chi connectivity index (χ4n) is 2.97. The Balaban J connectivity index is 1.93. The largest absolute Gasteiger partial charge is 0.337 e. The Kier molecular flexibility index (Phi) is 6.24. The lowest BCUT2D eigenvalue weighted by Crippen LogP contribution is -2.41. The Hall–Kier alpha value is -2.66. The minimum Gasteiger partial charge on any atom is -0.337 e. The summed E-state index contributed by atoms with van der Waals surface area (Å²) in [5.74, 6) is -1.25. The van der Waals surface area contributed by atoms with Gasteiger partial charge in [-0.1, -0.05) is 41.9 Å². The number of hydrogen-bond acceptors (Lipinski definition) is 2. The third-order valence-electron chi connectivity index (χ3n) is 4.45. The van der Waals surface area contributed by atoms with E-state index in [1.54, 1.807) is 17.0 Å². The number of likely N-dealkylation sites (tertiary alicyclic amines) is 1. The van der Waals surface area contributed by atoms with Crippen molar-refractivity contribution in [3.8, 4) is 0 Å². The Morgan fingerprint density at radius 1 is 0.889 bits per heavy atom. The van der Waals surface area contributed by atoms with Gasteiger partial charge in [-0.3, -0.25) is 9.59 Å². The number of nitrogens with one attached hydrogen (secondary N) is 1. The van der Waals surface area contributed by atoms with Crippen molar-refractivity contribution >= 4 is 28.4 Å². The molecule has 0 bridgehead atoms. The van der Waals surface area contributed by atoms with E-state index in [1.165, 1.54) is 24.3 Å². The van der Waals surface area contributed by atoms with E-state index < -0.39 is 11.7 Å². The smallest absolute Gasteiger partial charge is 0.271 e. The summed E-state index contributed by atoms with van der Waals surface area (Å²) >= 11 is 6.50. The molecule has 0 aliphatic carbocycles. The van der Waals surface area contributed by atoms with Crippen molar-refractivity contribution in [3.05, 3.63) is 77.2 Å². The number of benzene rings is 2. The van der Waals surface area contributed by atoms with Gasteiger partial charge in [0.1, 0.15) is 11.5 Å². The Morgan fingerprint density at radius 2 is 1.52 bits per heavy atom. The first kappa shape index (κ1) is 19.1. The molecule has 3 rings (SSSR count). The van der Waals surface area contributed by atoms with Crippen LogP contribution in [0.2, 0.25) is 0 Å². The van der Waals surface area contributed by atoms with Crippen LogP contribution in [-0.2, 0) is 4.79 Å². The molecule has 2 aromatic carbocycles. The van der Waals surface area contributed by atoms with Gasteiger partial charge in [-0.15, -0.1) is 0 Å². The summed E-state index contributed by atoms with van der Waals surface area (Å²) in [6, 6.07) is 14.1. The van der Waals surface area contributed by atoms with Gasteiger partial charge in [0, 0.05) is 18.7 Å². The van der Waals surface area contributed by atoms with Gasteiger partial charge in [-0.2, -0.15) is 0 Å². The van der Waals surface area contributed by atoms with Crippen molar-refractivity contribution in [1.82, 2.24) is 10.2 Å². The van der Waals surface area contributed by atoms with E-state index in [-0.39, 0.29) is 22.2 Å². The van der Waals surface area contributed by atoms with E-state index in [0.29, 0.717) is 18.7 Å². The lowest BCUT2D eigenvalue weighted by Gasteiger charge is -2.28. The quantitative estimate of drug-likeness (QED) is 0.801. The molecule has 140 valence electrons. The normalized spacial score (nSPS) is 15.1. The van der Waals surface area contributed by atoms with Crippen LogP contribution in [0.5, 0.6) is 0 Å². The molecule has 0 spiro atoms. The molecule has 1 N–H and O–H groups in total. The minimum absolute atomic E-state index is 0.0408. The summed E-state index contributed by atoms with van der Waals surface area (Å²) in [4.78, 5) is 27.3. The number of carbonyl (C=O) groups is 2. The summed E-state index contributed by atoms with van der Waals surface area (Å²) in [5, 5.41) is 2.83. The first-order valence-electron chi connectivity index (χ1n) is 8.87. The number of hydrogen-bond donors (Lipinski definition) is 1. The molecule has 4 nitrogen and oxygen atoms in total. The van der Waals surface area contributed by atoms with Crippen LogP contribution >= 0.6 is 11.6 Å². The van der Waals surface area contributed by atoms with Gasteiger partial charge in [0.05, 0.1) is 5.03 Å². The number of rotatable bonds is 4. The average molecular weight is 387 g/mol. The van der Waals surface area contributed by atoms with Crippen LogP contribution < -0.4 is 5.32 Å². The molecule has 1 saturated heterocycles. The van der Waals surface area contributed by atoms with Crippen molar-refractivity contribution < 1.29 is 14.0 Å². The highest BCUT2D eigenvalue weighted by molar-refractivity contribution is 6.51. The molecule has 6 heteroatoms. The van der Waals surface area contributed by atoms with E-state index in [0.717, 1.165) is 19.3 Å². The monoisotopic (exact) mass is 386 g/mol. The molecule has 0 unspecified atom stereocenters. The van der Waals surface area contributed by atoms with Crippen molar-refractivity contribution in [2.75, 3.05) is 13.1 Å². The summed E-state index contributed by atoms with van der Waals surface area (Å²) in [7, 11) is 0. The molecule has 0 radical (unpaired) electrons. The topological polar surface area (TPSA) is 49.4 Å². The zero-order valence-electron chi connectivity index (χ0n) is 14.8. The van der Waals surface area contributed by atoms with Crippen LogP contribution in [0.4, 0.5) is 4.39 Å².